The van der Waals surface area contributed by atoms with Crippen LogP contribution >= 0.6 is 19.4 Å². The third-order valence-corrected chi connectivity index (χ3v) is 17.7. The molecule has 3 aromatic carbocycles. The van der Waals surface area contributed by atoms with Gasteiger partial charge < -0.3 is 9.84 Å². The minimum Gasteiger partial charge on any atom is -0.404 e. The predicted molar refractivity (Wildman–Crippen MR) is 281 cm³/mol. The first-order valence-corrected chi connectivity index (χ1v) is 30.2. The number of fused-ring (bicyclic) bond motifs is 4. The fourth-order valence-electron chi connectivity index (χ4n) is 10.4. The van der Waals surface area contributed by atoms with Crippen molar-refractivity contribution in [3.63, 3.8) is 0 Å². The molecular weight excluding hydrogens is 1200 g/mol. The first-order valence-electron chi connectivity index (χ1n) is 24.6. The molecule has 3 atom stereocenters. The topological polar surface area (TPSA) is 233 Å². The van der Waals surface area contributed by atoms with E-state index in [2.05, 4.69) is 32.3 Å². The number of rotatable bonds is 16. The second kappa shape index (κ2) is 21.2. The third kappa shape index (κ3) is 12.9. The number of nitrogens with one attached hydrogen (secondary N) is 1. The molecule has 1 unspecified atom stereocenters. The quantitative estimate of drug-likeness (QED) is 0.0466. The molecule has 1 fully saturated rings. The predicted octanol–water partition coefficient (Wildman–Crippen LogP) is 10.0. The number of carbonyl (C=O) groups excluding carboxylic acids is 2. The molecular formula is C52H49ClF10N7O10PS2. The number of carbonyl (C=O) groups is 2. The van der Waals surface area contributed by atoms with Crippen molar-refractivity contribution in [3.8, 4) is 28.7 Å². The second-order valence-electron chi connectivity index (χ2n) is 21.5. The highest BCUT2D eigenvalue weighted by atomic mass is 35.5. The van der Waals surface area contributed by atoms with E-state index in [9.17, 15) is 75.9 Å². The van der Waals surface area contributed by atoms with Gasteiger partial charge in [-0.15, -0.1) is 0 Å². The Morgan fingerprint density at radius 2 is 1.55 bits per heavy atom. The normalized spacial score (nSPS) is 16.7. The standard InChI is InChI=1S/C52H49ClF10N7O10PS2/c1-25-15-26(2)42(37(16-25)80-81(73,74)75)48(3,4)22-39(72)70(83(8,78)79)47-41-35(53)12-11-32(44(41)69(67-47)24-50(56,57)58)31-10-9-30(13-14-49(5,6)82(7,76)77)64-43(31)36(19-27-17-28(54)20-29(55)18-27)65-38(71)23-68-46-40(45(66-68)52(61,62)63)33-21-34(33)51(46,59)60/h9-12,15-18,20,33-34,36H,19,21-24H2,1-8H3,(H,65,71)(H2,73,74,75)/t33-,34?,36-/m0/s1. The Kier molecular flexibility index (Phi) is 15.9. The molecule has 6 aromatic rings. The fourth-order valence-corrected chi connectivity index (χ4v) is 12.1. The van der Waals surface area contributed by atoms with Gasteiger partial charge in [0.2, 0.25) is 21.8 Å². The maximum Gasteiger partial charge on any atom is 0.524 e. The van der Waals surface area contributed by atoms with Crippen LogP contribution in [0.3, 0.4) is 0 Å². The minimum atomic E-state index is -5.27. The van der Waals surface area contributed by atoms with Crippen molar-refractivity contribution in [2.75, 3.05) is 16.8 Å². The number of amides is 2. The summed E-state index contributed by atoms with van der Waals surface area (Å²) in [6.07, 6.45) is -11.0. The molecule has 3 heterocycles. The number of alkyl halides is 8. The van der Waals surface area contributed by atoms with Crippen molar-refractivity contribution in [1.82, 2.24) is 29.9 Å². The van der Waals surface area contributed by atoms with E-state index in [-0.39, 0.29) is 48.2 Å². The molecule has 0 spiro atoms. The van der Waals surface area contributed by atoms with Crippen LogP contribution in [0.25, 0.3) is 22.0 Å². The van der Waals surface area contributed by atoms with Crippen molar-refractivity contribution in [1.29, 1.82) is 0 Å². The highest BCUT2D eigenvalue weighted by Crippen LogP contribution is 2.68. The summed E-state index contributed by atoms with van der Waals surface area (Å²) >= 11 is 6.78. The molecule has 0 aliphatic heterocycles. The van der Waals surface area contributed by atoms with Crippen LogP contribution in [-0.4, -0.2) is 86.4 Å². The van der Waals surface area contributed by atoms with E-state index in [1.165, 1.54) is 40.7 Å². The van der Waals surface area contributed by atoms with E-state index in [1.54, 1.807) is 13.0 Å². The smallest absolute Gasteiger partial charge is 0.404 e. The highest BCUT2D eigenvalue weighted by Gasteiger charge is 2.68. The van der Waals surface area contributed by atoms with Gasteiger partial charge in [0.25, 0.3) is 5.92 Å². The number of hydrogen-bond acceptors (Lipinski definition) is 11. The summed E-state index contributed by atoms with van der Waals surface area (Å²) in [5.74, 6) is -8.00. The molecule has 446 valence electrons. The summed E-state index contributed by atoms with van der Waals surface area (Å²) < 4.78 is 218. The lowest BCUT2D eigenvalue weighted by Gasteiger charge is -2.31. The molecule has 8 rings (SSSR count). The molecule has 1 saturated carbocycles. The number of phosphoric ester groups is 1. The summed E-state index contributed by atoms with van der Waals surface area (Å²) in [5.41, 5.74) is -7.03. The highest BCUT2D eigenvalue weighted by molar-refractivity contribution is 7.93. The fraction of sp³-hybridized carbons (Fsp3) is 0.404. The van der Waals surface area contributed by atoms with Gasteiger partial charge >= 0.3 is 20.2 Å². The monoisotopic (exact) mass is 1250 g/mol. The van der Waals surface area contributed by atoms with Crippen LogP contribution in [0.5, 0.6) is 5.75 Å². The molecule has 2 aliphatic rings. The number of halogens is 11. The van der Waals surface area contributed by atoms with Crippen LogP contribution < -0.4 is 14.1 Å². The average molecular weight is 1250 g/mol. The van der Waals surface area contributed by atoms with Crippen molar-refractivity contribution in [3.05, 3.63) is 122 Å². The molecule has 2 aliphatic carbocycles. The van der Waals surface area contributed by atoms with Crippen LogP contribution in [0.2, 0.25) is 5.02 Å². The molecule has 0 bridgehead atoms. The van der Waals surface area contributed by atoms with Gasteiger partial charge in [-0.3, -0.25) is 28.7 Å². The zero-order valence-electron chi connectivity index (χ0n) is 44.7. The van der Waals surface area contributed by atoms with E-state index in [0.29, 0.717) is 23.4 Å². The number of sulfonamides is 1. The van der Waals surface area contributed by atoms with Gasteiger partial charge in [0, 0.05) is 52.3 Å². The molecule has 2 amide bonds. The first kappa shape index (κ1) is 62.5. The minimum absolute atomic E-state index is 0.0191. The molecule has 3 aromatic heterocycles. The molecule has 83 heavy (non-hydrogen) atoms. The third-order valence-electron chi connectivity index (χ3n) is 14.0. The van der Waals surface area contributed by atoms with E-state index < -0.39 is 173 Å². The van der Waals surface area contributed by atoms with Gasteiger partial charge in [0.05, 0.1) is 33.9 Å². The number of pyridine rings is 1. The van der Waals surface area contributed by atoms with Crippen LogP contribution in [0.15, 0.2) is 54.6 Å². The lowest BCUT2D eigenvalue weighted by atomic mass is 9.78. The van der Waals surface area contributed by atoms with Crippen LogP contribution in [0, 0.1) is 43.2 Å². The maximum absolute atomic E-state index is 15.7. The number of nitrogens with zero attached hydrogens (tertiary/aromatic N) is 6. The maximum atomic E-state index is 15.7. The van der Waals surface area contributed by atoms with Crippen molar-refractivity contribution >= 4 is 67.8 Å². The van der Waals surface area contributed by atoms with E-state index >= 15 is 8.78 Å². The van der Waals surface area contributed by atoms with Gasteiger partial charge in [-0.2, -0.15) is 49.6 Å². The molecule has 0 saturated heterocycles. The van der Waals surface area contributed by atoms with Crippen LogP contribution in [0.4, 0.5) is 49.7 Å². The lowest BCUT2D eigenvalue weighted by Crippen LogP contribution is -2.40. The Balaban J connectivity index is 1.35. The van der Waals surface area contributed by atoms with Gasteiger partial charge in [-0.25, -0.2) is 35.2 Å². The summed E-state index contributed by atoms with van der Waals surface area (Å²) in [7, 11) is -14.2. The summed E-state index contributed by atoms with van der Waals surface area (Å²) in [5, 5.41) is 8.68. The number of anilines is 1. The van der Waals surface area contributed by atoms with E-state index in [0.717, 1.165) is 42.7 Å². The zero-order valence-corrected chi connectivity index (χ0v) is 48.0. The number of hydrogen-bond donors (Lipinski definition) is 3. The van der Waals surface area contributed by atoms with Gasteiger partial charge in [-0.1, -0.05) is 43.5 Å². The van der Waals surface area contributed by atoms with Gasteiger partial charge in [0.1, 0.15) is 46.6 Å². The largest absolute Gasteiger partial charge is 0.524 e. The van der Waals surface area contributed by atoms with Crippen molar-refractivity contribution in [2.24, 2.45) is 5.92 Å². The molecule has 31 heteroatoms. The Morgan fingerprint density at radius 1 is 0.928 bits per heavy atom. The number of sulfone groups is 1. The van der Waals surface area contributed by atoms with Crippen LogP contribution in [-0.2, 0) is 71.0 Å². The number of aryl methyl sites for hydroxylation is 2. The lowest BCUT2D eigenvalue weighted by molar-refractivity contribution is -0.143. The van der Waals surface area contributed by atoms with Gasteiger partial charge in [-0.05, 0) is 105 Å². The summed E-state index contributed by atoms with van der Waals surface area (Å²) in [6.45, 7) is 4.91. The second-order valence-corrected chi connectivity index (χ2v) is 27.5. The Bertz CT molecular complexity index is 4020. The van der Waals surface area contributed by atoms with Crippen molar-refractivity contribution in [2.45, 2.75) is 114 Å². The van der Waals surface area contributed by atoms with Gasteiger partial charge in [0.15, 0.2) is 21.3 Å². The first-order chi connectivity index (χ1) is 37.9. The molecule has 0 radical (unpaired) electrons. The SMILES string of the molecule is Cc1cc(C)c(C(C)(C)CC(=O)N(c2nn(CC(F)(F)F)c3c(-c4ccc(C#CC(C)(C)S(C)(=O)=O)nc4[C@H](Cc4cc(F)cc(F)c4)NC(=O)Cn4nc(C(F)(F)F)c5c4C(F)(F)C4C[C@H]54)ccc(Cl)c23)S(C)(=O)=O)c(OP(=O)(O)O)c1. The number of aromatic nitrogens is 5. The number of benzene rings is 3. The molecule has 17 nitrogen and oxygen atoms in total. The van der Waals surface area contributed by atoms with Crippen molar-refractivity contribution < 1.29 is 89.2 Å². The average Bonchev–Trinajstić information content (AvgIpc) is 2.05. The summed E-state index contributed by atoms with van der Waals surface area (Å²) in [4.78, 5) is 53.2. The van der Waals surface area contributed by atoms with E-state index in [4.69, 9.17) is 16.1 Å². The zero-order chi connectivity index (χ0) is 61.9. The Labute approximate surface area is 472 Å². The molecule has 3 N–H and O–H groups in total. The number of phosphoric acid groups is 1. The van der Waals surface area contributed by atoms with Crippen LogP contribution in [0.1, 0.15) is 103 Å². The Morgan fingerprint density at radius 3 is 2.13 bits per heavy atom. The van der Waals surface area contributed by atoms with E-state index in [1.807, 2.05) is 0 Å². The summed E-state index contributed by atoms with van der Waals surface area (Å²) in [6, 6.07) is 7.40. The Hall–Kier alpha value is -6.57.